The Bertz CT molecular complexity index is 496. The molecule has 2 aromatic rings. The van der Waals surface area contributed by atoms with Crippen LogP contribution in [0, 0.1) is 5.82 Å². The Hall–Kier alpha value is -1.67. The number of halogens is 1. The Morgan fingerprint density at radius 2 is 1.47 bits per heavy atom. The SMILES string of the molecule is CN(CCc1ccccc1)CCc1cccc(F)c1. The zero-order valence-electron chi connectivity index (χ0n) is 11.3. The highest BCUT2D eigenvalue weighted by Gasteiger charge is 2.01. The van der Waals surface area contributed by atoms with Crippen LogP contribution in [0.1, 0.15) is 11.1 Å². The van der Waals surface area contributed by atoms with E-state index in [0.29, 0.717) is 0 Å². The van der Waals surface area contributed by atoms with Crippen LogP contribution in [0.3, 0.4) is 0 Å². The third kappa shape index (κ3) is 4.84. The third-order valence-corrected chi connectivity index (χ3v) is 3.30. The van der Waals surface area contributed by atoms with Gasteiger partial charge in [-0.2, -0.15) is 0 Å². The van der Waals surface area contributed by atoms with Crippen molar-refractivity contribution < 1.29 is 4.39 Å². The van der Waals surface area contributed by atoms with Gasteiger partial charge in [0.15, 0.2) is 0 Å². The van der Waals surface area contributed by atoms with Crippen molar-refractivity contribution in [2.45, 2.75) is 12.8 Å². The monoisotopic (exact) mass is 257 g/mol. The largest absolute Gasteiger partial charge is 0.306 e. The molecule has 0 radical (unpaired) electrons. The van der Waals surface area contributed by atoms with Gasteiger partial charge in [-0.25, -0.2) is 4.39 Å². The van der Waals surface area contributed by atoms with Crippen LogP contribution in [0.5, 0.6) is 0 Å². The second-order valence-electron chi connectivity index (χ2n) is 4.92. The van der Waals surface area contributed by atoms with E-state index in [1.807, 2.05) is 12.1 Å². The van der Waals surface area contributed by atoms with Gasteiger partial charge < -0.3 is 4.90 Å². The lowest BCUT2D eigenvalue weighted by molar-refractivity contribution is 0.342. The van der Waals surface area contributed by atoms with Crippen molar-refractivity contribution in [1.29, 1.82) is 0 Å². The molecule has 1 nitrogen and oxygen atoms in total. The maximum absolute atomic E-state index is 13.0. The molecule has 2 heteroatoms. The van der Waals surface area contributed by atoms with Crippen LogP contribution in [0.25, 0.3) is 0 Å². The van der Waals surface area contributed by atoms with E-state index < -0.39 is 0 Å². The molecule has 0 amide bonds. The molecule has 0 saturated carbocycles. The summed E-state index contributed by atoms with van der Waals surface area (Å²) >= 11 is 0. The molecule has 0 aliphatic carbocycles. The Morgan fingerprint density at radius 3 is 2.16 bits per heavy atom. The maximum Gasteiger partial charge on any atom is 0.123 e. The van der Waals surface area contributed by atoms with Crippen molar-refractivity contribution in [3.8, 4) is 0 Å². The first-order valence-electron chi connectivity index (χ1n) is 6.71. The first-order chi connectivity index (χ1) is 9.24. The molecular formula is C17H20FN. The highest BCUT2D eigenvalue weighted by atomic mass is 19.1. The fourth-order valence-corrected chi connectivity index (χ4v) is 2.09. The van der Waals surface area contributed by atoms with E-state index in [1.165, 1.54) is 11.6 Å². The van der Waals surface area contributed by atoms with E-state index in [4.69, 9.17) is 0 Å². The Balaban J connectivity index is 1.74. The van der Waals surface area contributed by atoms with Gasteiger partial charge in [-0.05, 0) is 43.1 Å². The lowest BCUT2D eigenvalue weighted by Gasteiger charge is -2.16. The molecule has 0 N–H and O–H groups in total. The highest BCUT2D eigenvalue weighted by Crippen LogP contribution is 2.05. The molecule has 0 aliphatic rings. The van der Waals surface area contributed by atoms with Gasteiger partial charge in [-0.1, -0.05) is 42.5 Å². The molecule has 19 heavy (non-hydrogen) atoms. The van der Waals surface area contributed by atoms with Crippen molar-refractivity contribution in [3.05, 3.63) is 71.5 Å². The quantitative estimate of drug-likeness (QED) is 0.765. The minimum atomic E-state index is -0.149. The molecule has 2 aromatic carbocycles. The van der Waals surface area contributed by atoms with Gasteiger partial charge in [0.1, 0.15) is 5.82 Å². The summed E-state index contributed by atoms with van der Waals surface area (Å²) in [5, 5.41) is 0. The fourth-order valence-electron chi connectivity index (χ4n) is 2.09. The van der Waals surface area contributed by atoms with Gasteiger partial charge in [0.2, 0.25) is 0 Å². The summed E-state index contributed by atoms with van der Waals surface area (Å²) in [5.74, 6) is -0.149. The standard InChI is InChI=1S/C17H20FN/c1-19(12-10-15-6-3-2-4-7-15)13-11-16-8-5-9-17(18)14-16/h2-9,14H,10-13H2,1H3. The van der Waals surface area contributed by atoms with Gasteiger partial charge in [0.05, 0.1) is 0 Å². The predicted molar refractivity (Wildman–Crippen MR) is 77.7 cm³/mol. The molecule has 0 aromatic heterocycles. The van der Waals surface area contributed by atoms with Gasteiger partial charge in [0, 0.05) is 13.1 Å². The molecule has 0 spiro atoms. The second kappa shape index (κ2) is 7.05. The molecule has 0 bridgehead atoms. The normalized spacial score (nSPS) is 10.9. The molecule has 0 fully saturated rings. The van der Waals surface area contributed by atoms with E-state index in [-0.39, 0.29) is 5.82 Å². The fraction of sp³-hybridized carbons (Fsp3) is 0.294. The van der Waals surface area contributed by atoms with Crippen LogP contribution in [-0.4, -0.2) is 25.0 Å². The van der Waals surface area contributed by atoms with Crippen molar-refractivity contribution in [1.82, 2.24) is 4.90 Å². The smallest absolute Gasteiger partial charge is 0.123 e. The summed E-state index contributed by atoms with van der Waals surface area (Å²) in [4.78, 5) is 2.29. The van der Waals surface area contributed by atoms with Gasteiger partial charge in [0.25, 0.3) is 0 Å². The van der Waals surface area contributed by atoms with Crippen LogP contribution in [-0.2, 0) is 12.8 Å². The minimum absolute atomic E-state index is 0.149. The van der Waals surface area contributed by atoms with Crippen molar-refractivity contribution in [2.75, 3.05) is 20.1 Å². The van der Waals surface area contributed by atoms with Crippen molar-refractivity contribution in [3.63, 3.8) is 0 Å². The Kier molecular flexibility index (Phi) is 5.10. The molecule has 2 rings (SSSR count). The van der Waals surface area contributed by atoms with Gasteiger partial charge in [-0.15, -0.1) is 0 Å². The number of nitrogens with zero attached hydrogens (tertiary/aromatic N) is 1. The summed E-state index contributed by atoms with van der Waals surface area (Å²) in [5.41, 5.74) is 2.42. The van der Waals surface area contributed by atoms with E-state index in [0.717, 1.165) is 31.5 Å². The van der Waals surface area contributed by atoms with E-state index >= 15 is 0 Å². The van der Waals surface area contributed by atoms with Crippen LogP contribution < -0.4 is 0 Å². The van der Waals surface area contributed by atoms with Gasteiger partial charge in [-0.3, -0.25) is 0 Å². The average Bonchev–Trinajstić information content (AvgIpc) is 2.44. The summed E-state index contributed by atoms with van der Waals surface area (Å²) in [6.07, 6.45) is 1.95. The maximum atomic E-state index is 13.0. The average molecular weight is 257 g/mol. The predicted octanol–water partition coefficient (Wildman–Crippen LogP) is 3.54. The Labute approximate surface area is 114 Å². The van der Waals surface area contributed by atoms with E-state index in [9.17, 15) is 4.39 Å². The molecule has 0 atom stereocenters. The molecule has 0 aliphatic heterocycles. The zero-order chi connectivity index (χ0) is 13.5. The first-order valence-corrected chi connectivity index (χ1v) is 6.71. The number of rotatable bonds is 6. The lowest BCUT2D eigenvalue weighted by Crippen LogP contribution is -2.23. The summed E-state index contributed by atoms with van der Waals surface area (Å²) in [6.45, 7) is 1.98. The molecule has 0 saturated heterocycles. The Morgan fingerprint density at radius 1 is 0.842 bits per heavy atom. The van der Waals surface area contributed by atoms with Crippen molar-refractivity contribution >= 4 is 0 Å². The van der Waals surface area contributed by atoms with E-state index in [1.54, 1.807) is 12.1 Å². The zero-order valence-corrected chi connectivity index (χ0v) is 11.3. The van der Waals surface area contributed by atoms with Crippen LogP contribution in [0.4, 0.5) is 4.39 Å². The number of hydrogen-bond acceptors (Lipinski definition) is 1. The lowest BCUT2D eigenvalue weighted by atomic mass is 10.1. The number of hydrogen-bond donors (Lipinski definition) is 0. The van der Waals surface area contributed by atoms with Gasteiger partial charge >= 0.3 is 0 Å². The minimum Gasteiger partial charge on any atom is -0.306 e. The third-order valence-electron chi connectivity index (χ3n) is 3.30. The van der Waals surface area contributed by atoms with E-state index in [2.05, 4.69) is 36.2 Å². The molecule has 0 unspecified atom stereocenters. The summed E-state index contributed by atoms with van der Waals surface area (Å²) < 4.78 is 13.0. The molecule has 100 valence electrons. The van der Waals surface area contributed by atoms with Crippen LogP contribution in [0.15, 0.2) is 54.6 Å². The molecular weight excluding hydrogens is 237 g/mol. The number of benzene rings is 2. The summed E-state index contributed by atoms with van der Waals surface area (Å²) in [6, 6.07) is 17.3. The molecule has 0 heterocycles. The van der Waals surface area contributed by atoms with Crippen LogP contribution >= 0.6 is 0 Å². The highest BCUT2D eigenvalue weighted by molar-refractivity contribution is 5.17. The number of likely N-dealkylation sites (N-methyl/N-ethyl adjacent to an activating group) is 1. The topological polar surface area (TPSA) is 3.24 Å². The van der Waals surface area contributed by atoms with Crippen LogP contribution in [0.2, 0.25) is 0 Å². The first kappa shape index (κ1) is 13.8. The second-order valence-corrected chi connectivity index (χ2v) is 4.92. The summed E-state index contributed by atoms with van der Waals surface area (Å²) in [7, 11) is 2.11. The van der Waals surface area contributed by atoms with Crippen molar-refractivity contribution in [2.24, 2.45) is 0 Å².